The first-order valence-corrected chi connectivity index (χ1v) is 15.3. The Kier molecular flexibility index (Phi) is 8.76. The molecule has 3 aliphatic rings. The molecule has 3 atom stereocenters. The number of nitrogens with zero attached hydrogens (tertiary/aromatic N) is 1. The van der Waals surface area contributed by atoms with Crippen LogP contribution < -0.4 is 15.4 Å². The zero-order valence-electron chi connectivity index (χ0n) is 25.9. The van der Waals surface area contributed by atoms with E-state index in [4.69, 9.17) is 18.9 Å². The Hall–Kier alpha value is -4.44. The molecule has 3 aliphatic heterocycles. The molecular weight excluding hydrogens is 570 g/mol. The summed E-state index contributed by atoms with van der Waals surface area (Å²) in [5, 5.41) is 6.59. The lowest BCUT2D eigenvalue weighted by Gasteiger charge is -2.36. The van der Waals surface area contributed by atoms with Gasteiger partial charge in [0.05, 0.1) is 44.1 Å². The minimum atomic E-state index is -1.32. The molecule has 45 heavy (non-hydrogen) atoms. The van der Waals surface area contributed by atoms with Gasteiger partial charge >= 0.3 is 5.97 Å². The van der Waals surface area contributed by atoms with Gasteiger partial charge < -0.3 is 29.6 Å². The van der Waals surface area contributed by atoms with E-state index in [1.165, 1.54) is 5.56 Å². The van der Waals surface area contributed by atoms with Crippen LogP contribution in [-0.4, -0.2) is 68.0 Å². The van der Waals surface area contributed by atoms with Crippen molar-refractivity contribution < 1.29 is 28.5 Å². The normalized spacial score (nSPS) is 23.1. The first kappa shape index (κ1) is 30.6. The maximum Gasteiger partial charge on any atom is 0.338 e. The van der Waals surface area contributed by atoms with E-state index >= 15 is 0 Å². The number of fused-ring (bicyclic) bond motifs is 2. The summed E-state index contributed by atoms with van der Waals surface area (Å²) in [7, 11) is 1.58. The summed E-state index contributed by atoms with van der Waals surface area (Å²) in [6.07, 6.45) is 3.76. The first-order valence-electron chi connectivity index (χ1n) is 15.3. The van der Waals surface area contributed by atoms with Crippen molar-refractivity contribution in [2.45, 2.75) is 37.6 Å². The highest BCUT2D eigenvalue weighted by Crippen LogP contribution is 2.56. The topological polar surface area (TPSA) is 98.4 Å². The molecule has 0 spiro atoms. The molecule has 9 heteroatoms. The van der Waals surface area contributed by atoms with Crippen molar-refractivity contribution in [3.8, 4) is 5.75 Å². The molecular formula is C36H39N3O6. The van der Waals surface area contributed by atoms with E-state index in [9.17, 15) is 9.59 Å². The minimum absolute atomic E-state index is 0.152. The molecule has 1 fully saturated rings. The molecule has 3 unspecified atom stereocenters. The number of hydrogen-bond donors (Lipinski definition) is 2. The second-order valence-corrected chi connectivity index (χ2v) is 11.6. The van der Waals surface area contributed by atoms with Gasteiger partial charge in [0.2, 0.25) is 0 Å². The number of carbonyl (C=O) groups is 2. The summed E-state index contributed by atoms with van der Waals surface area (Å²) in [5.74, 6) is -0.354. The van der Waals surface area contributed by atoms with Crippen LogP contribution in [0, 0.1) is 0 Å². The molecule has 1 saturated heterocycles. The minimum Gasteiger partial charge on any atom is -0.497 e. The third kappa shape index (κ3) is 6.11. The number of hydrogen-bond acceptors (Lipinski definition) is 8. The van der Waals surface area contributed by atoms with Crippen molar-refractivity contribution in [1.29, 1.82) is 0 Å². The monoisotopic (exact) mass is 609 g/mol. The Morgan fingerprint density at radius 2 is 1.62 bits per heavy atom. The van der Waals surface area contributed by atoms with Gasteiger partial charge in [0.15, 0.2) is 0 Å². The number of ether oxygens (including phenoxy) is 4. The van der Waals surface area contributed by atoms with Crippen LogP contribution in [0.5, 0.6) is 5.75 Å². The Bertz CT molecular complexity index is 1580. The van der Waals surface area contributed by atoms with E-state index in [-0.39, 0.29) is 17.8 Å². The molecule has 3 aromatic rings. The molecule has 0 aliphatic carbocycles. The van der Waals surface area contributed by atoms with Gasteiger partial charge in [-0.15, -0.1) is 0 Å². The van der Waals surface area contributed by atoms with Crippen LogP contribution in [0.15, 0.2) is 102 Å². The molecule has 9 nitrogen and oxygen atoms in total. The maximum absolute atomic E-state index is 14.0. The standard InChI is InChI=1S/C36H39N3O6/c1-4-44-34(41)31-30(33(40)38-28-14-16-29(42-3)17-15-28)35(2)18-19-36(31,45-35)32(37-27-8-6-5-7-9-27)26-12-10-25(11-13-26)24-39-20-22-43-23-21-39/h5-19,32,37H,4,20-24H2,1-3H3,(H,38,40). The quantitative estimate of drug-likeness (QED) is 0.224. The van der Waals surface area contributed by atoms with Gasteiger partial charge in [-0.2, -0.15) is 0 Å². The molecule has 0 radical (unpaired) electrons. The smallest absolute Gasteiger partial charge is 0.338 e. The number of para-hydroxylation sites is 1. The molecule has 3 aromatic carbocycles. The van der Waals surface area contributed by atoms with Crippen LogP contribution in [0.4, 0.5) is 11.4 Å². The van der Waals surface area contributed by atoms with Crippen LogP contribution in [0.1, 0.15) is 31.0 Å². The molecule has 234 valence electrons. The van der Waals surface area contributed by atoms with Crippen LogP contribution in [0.25, 0.3) is 0 Å². The Morgan fingerprint density at radius 3 is 2.29 bits per heavy atom. The number of benzene rings is 3. The molecule has 6 rings (SSSR count). The number of nitrogens with one attached hydrogen (secondary N) is 2. The summed E-state index contributed by atoms with van der Waals surface area (Å²) >= 11 is 0. The zero-order valence-corrected chi connectivity index (χ0v) is 25.9. The van der Waals surface area contributed by atoms with Gasteiger partial charge in [-0.1, -0.05) is 42.5 Å². The second kappa shape index (κ2) is 12.9. The molecule has 3 heterocycles. The fourth-order valence-corrected chi connectivity index (χ4v) is 6.36. The van der Waals surface area contributed by atoms with Gasteiger partial charge in [-0.3, -0.25) is 9.69 Å². The lowest BCUT2D eigenvalue weighted by Crippen LogP contribution is -2.43. The third-order valence-corrected chi connectivity index (χ3v) is 8.56. The Labute approximate surface area is 263 Å². The van der Waals surface area contributed by atoms with E-state index in [2.05, 4.69) is 39.8 Å². The largest absolute Gasteiger partial charge is 0.497 e. The van der Waals surface area contributed by atoms with Crippen LogP contribution in [-0.2, 0) is 30.3 Å². The summed E-state index contributed by atoms with van der Waals surface area (Å²) < 4.78 is 23.2. The lowest BCUT2D eigenvalue weighted by molar-refractivity contribution is -0.141. The first-order chi connectivity index (χ1) is 21.8. The summed E-state index contributed by atoms with van der Waals surface area (Å²) in [6.45, 7) is 7.81. The van der Waals surface area contributed by atoms with E-state index in [0.29, 0.717) is 11.4 Å². The van der Waals surface area contributed by atoms with Gasteiger partial charge in [0.25, 0.3) is 5.91 Å². The van der Waals surface area contributed by atoms with Gasteiger partial charge in [0, 0.05) is 31.0 Å². The van der Waals surface area contributed by atoms with E-state index < -0.39 is 29.1 Å². The molecule has 0 aromatic heterocycles. The number of anilines is 2. The number of morpholine rings is 1. The molecule has 2 N–H and O–H groups in total. The Morgan fingerprint density at radius 1 is 0.911 bits per heavy atom. The van der Waals surface area contributed by atoms with Gasteiger partial charge in [-0.25, -0.2) is 4.79 Å². The highest BCUT2D eigenvalue weighted by molar-refractivity contribution is 6.13. The lowest BCUT2D eigenvalue weighted by atomic mass is 9.76. The fourth-order valence-electron chi connectivity index (χ4n) is 6.36. The second-order valence-electron chi connectivity index (χ2n) is 11.6. The summed E-state index contributed by atoms with van der Waals surface area (Å²) in [6, 6.07) is 24.6. The predicted octanol–water partition coefficient (Wildman–Crippen LogP) is 5.28. The molecule has 2 bridgehead atoms. The number of esters is 1. The van der Waals surface area contributed by atoms with Crippen molar-refractivity contribution in [1.82, 2.24) is 4.90 Å². The van der Waals surface area contributed by atoms with Crippen LogP contribution in [0.3, 0.4) is 0 Å². The SMILES string of the molecule is CCOC(=O)C1=C(C(=O)Nc2ccc(OC)cc2)C2(C)C=CC1(C(Nc1ccccc1)c1ccc(CN3CCOCC3)cc1)O2. The van der Waals surface area contributed by atoms with E-state index in [1.54, 1.807) is 38.3 Å². The predicted molar refractivity (Wildman–Crippen MR) is 172 cm³/mol. The summed E-state index contributed by atoms with van der Waals surface area (Å²) in [5.41, 5.74) is 1.42. The van der Waals surface area contributed by atoms with Crippen molar-refractivity contribution in [2.75, 3.05) is 50.7 Å². The number of rotatable bonds is 11. The van der Waals surface area contributed by atoms with Crippen molar-refractivity contribution >= 4 is 23.3 Å². The van der Waals surface area contributed by atoms with E-state index in [0.717, 1.165) is 44.1 Å². The number of carbonyl (C=O) groups excluding carboxylic acids is 2. The van der Waals surface area contributed by atoms with Crippen LogP contribution in [0.2, 0.25) is 0 Å². The fraction of sp³-hybridized carbons (Fsp3) is 0.333. The van der Waals surface area contributed by atoms with Crippen molar-refractivity contribution in [3.05, 3.63) is 113 Å². The average molecular weight is 610 g/mol. The third-order valence-electron chi connectivity index (χ3n) is 8.56. The van der Waals surface area contributed by atoms with Crippen molar-refractivity contribution in [3.63, 3.8) is 0 Å². The van der Waals surface area contributed by atoms with Gasteiger partial charge in [0.1, 0.15) is 17.0 Å². The number of methoxy groups -OCH3 is 1. The zero-order chi connectivity index (χ0) is 31.4. The number of amides is 1. The van der Waals surface area contributed by atoms with Gasteiger partial charge in [-0.05, 0) is 73.5 Å². The maximum atomic E-state index is 14.0. The molecule has 0 saturated carbocycles. The average Bonchev–Trinajstić information content (AvgIpc) is 3.55. The highest BCUT2D eigenvalue weighted by Gasteiger charge is 2.63. The van der Waals surface area contributed by atoms with Crippen LogP contribution >= 0.6 is 0 Å². The Balaban J connectivity index is 1.41. The van der Waals surface area contributed by atoms with E-state index in [1.807, 2.05) is 49.4 Å². The highest BCUT2D eigenvalue weighted by atomic mass is 16.6. The summed E-state index contributed by atoms with van der Waals surface area (Å²) in [4.78, 5) is 30.3. The molecule has 1 amide bonds. The van der Waals surface area contributed by atoms with Crippen molar-refractivity contribution in [2.24, 2.45) is 0 Å².